The van der Waals surface area contributed by atoms with Crippen molar-refractivity contribution in [2.45, 2.75) is 72.2 Å². The largest absolute Gasteiger partial charge is 0.478 e. The van der Waals surface area contributed by atoms with Crippen molar-refractivity contribution in [3.05, 3.63) is 93.7 Å². The highest BCUT2D eigenvalue weighted by atomic mass is 19.4. The van der Waals surface area contributed by atoms with E-state index in [9.17, 15) is 27.9 Å². The number of carboxylic acid groups (broad SMARTS) is 1. The van der Waals surface area contributed by atoms with Crippen LogP contribution in [-0.2, 0) is 10.9 Å². The minimum atomic E-state index is -4.50. The number of amides is 1. The molecule has 1 aliphatic heterocycles. The van der Waals surface area contributed by atoms with Crippen LogP contribution >= 0.6 is 0 Å². The van der Waals surface area contributed by atoms with Crippen molar-refractivity contribution in [3.8, 4) is 11.3 Å². The summed E-state index contributed by atoms with van der Waals surface area (Å²) >= 11 is 0. The molecule has 2 atom stereocenters. The number of ether oxygens (including phenoxy) is 1. The molecule has 1 fully saturated rings. The Morgan fingerprint density at radius 2 is 1.86 bits per heavy atom. The summed E-state index contributed by atoms with van der Waals surface area (Å²) in [5, 5.41) is 9.34. The Morgan fingerprint density at radius 3 is 2.53 bits per heavy atom. The first-order chi connectivity index (χ1) is 20.1. The first-order valence-electron chi connectivity index (χ1n) is 14.3. The topological polar surface area (TPSA) is 79.7 Å². The van der Waals surface area contributed by atoms with Crippen LogP contribution in [0.1, 0.15) is 84.3 Å². The van der Waals surface area contributed by atoms with Crippen molar-refractivity contribution in [1.82, 2.24) is 9.88 Å². The van der Waals surface area contributed by atoms with Crippen LogP contribution < -0.4 is 0 Å². The number of carbonyl (C=O) groups is 2. The van der Waals surface area contributed by atoms with Crippen LogP contribution in [-0.4, -0.2) is 39.6 Å². The van der Waals surface area contributed by atoms with Crippen molar-refractivity contribution >= 4 is 17.6 Å². The standard InChI is InChI=1S/C34H35F3N2O4/c1-19-12-24(15-26(13-19)34(35,36)37)30-21(3)39(32(42)43-30)18-25-17-33(4,5)10-8-28(25)22-9-11-38-29(16-22)27-7-6-23(31(40)41)14-20(27)2/h6-7,9,11-16,21,30H,8,10,17-18H2,1-5H3,(H,40,41)/t21-,30-/m0/s1. The first kappa shape index (κ1) is 30.3. The Morgan fingerprint density at radius 1 is 1.12 bits per heavy atom. The minimum Gasteiger partial charge on any atom is -0.478 e. The third-order valence-electron chi connectivity index (χ3n) is 8.54. The number of nitrogens with zero attached hydrogens (tertiary/aromatic N) is 2. The van der Waals surface area contributed by atoms with Crippen LogP contribution in [0.4, 0.5) is 18.0 Å². The van der Waals surface area contributed by atoms with Gasteiger partial charge in [-0.2, -0.15) is 13.2 Å². The maximum atomic E-state index is 13.5. The van der Waals surface area contributed by atoms with Crippen LogP contribution in [0.25, 0.3) is 16.8 Å². The van der Waals surface area contributed by atoms with E-state index in [1.807, 2.05) is 26.0 Å². The third kappa shape index (κ3) is 6.31. The van der Waals surface area contributed by atoms with Crippen molar-refractivity contribution in [1.29, 1.82) is 0 Å². The second-order valence-corrected chi connectivity index (χ2v) is 12.5. The molecule has 2 aromatic carbocycles. The van der Waals surface area contributed by atoms with Crippen LogP contribution in [0.5, 0.6) is 0 Å². The fourth-order valence-electron chi connectivity index (χ4n) is 6.27. The zero-order valence-corrected chi connectivity index (χ0v) is 24.9. The summed E-state index contributed by atoms with van der Waals surface area (Å²) in [4.78, 5) is 30.8. The van der Waals surface area contributed by atoms with E-state index in [4.69, 9.17) is 4.74 Å². The quantitative estimate of drug-likeness (QED) is 0.310. The number of benzene rings is 2. The average molecular weight is 593 g/mol. The highest BCUT2D eigenvalue weighted by molar-refractivity contribution is 5.89. The Kier molecular flexibility index (Phi) is 7.88. The number of aromatic nitrogens is 1. The maximum absolute atomic E-state index is 13.5. The Hall–Kier alpha value is -4.14. The van der Waals surface area contributed by atoms with E-state index in [-0.39, 0.29) is 11.0 Å². The Balaban J connectivity index is 1.48. The SMILES string of the molecule is Cc1cc([C@H]2OC(=O)N(CC3=C(c4ccnc(-c5ccc(C(=O)O)cc5C)c4)CCC(C)(C)C3)[C@H]2C)cc(C(F)(F)F)c1. The predicted molar refractivity (Wildman–Crippen MR) is 157 cm³/mol. The van der Waals surface area contributed by atoms with E-state index in [2.05, 4.69) is 18.8 Å². The van der Waals surface area contributed by atoms with Gasteiger partial charge >= 0.3 is 18.2 Å². The molecule has 226 valence electrons. The van der Waals surface area contributed by atoms with E-state index in [0.717, 1.165) is 64.9 Å². The monoisotopic (exact) mass is 592 g/mol. The number of allylic oxidation sites excluding steroid dienone is 1. The number of carboxylic acids is 1. The van der Waals surface area contributed by atoms with Gasteiger partial charge in [-0.1, -0.05) is 31.5 Å². The number of carbonyl (C=O) groups excluding carboxylic acids is 1. The van der Waals surface area contributed by atoms with E-state index in [0.29, 0.717) is 17.7 Å². The summed E-state index contributed by atoms with van der Waals surface area (Å²) in [5.74, 6) is -0.990. The summed E-state index contributed by atoms with van der Waals surface area (Å²) in [7, 11) is 0. The molecule has 43 heavy (non-hydrogen) atoms. The van der Waals surface area contributed by atoms with Crippen molar-refractivity contribution in [2.75, 3.05) is 6.54 Å². The van der Waals surface area contributed by atoms with E-state index in [1.54, 1.807) is 42.3 Å². The van der Waals surface area contributed by atoms with Crippen LogP contribution in [0.2, 0.25) is 0 Å². The molecule has 1 aromatic heterocycles. The lowest BCUT2D eigenvalue weighted by Gasteiger charge is -2.35. The molecule has 1 amide bonds. The number of hydrogen-bond acceptors (Lipinski definition) is 4. The normalized spacial score (nSPS) is 20.4. The maximum Gasteiger partial charge on any atom is 0.416 e. The van der Waals surface area contributed by atoms with Gasteiger partial charge in [0, 0.05) is 18.3 Å². The van der Waals surface area contributed by atoms with E-state index in [1.165, 1.54) is 0 Å². The number of halogens is 3. The van der Waals surface area contributed by atoms with Crippen molar-refractivity contribution in [2.24, 2.45) is 5.41 Å². The molecule has 0 unspecified atom stereocenters. The molecular weight excluding hydrogens is 557 g/mol. The number of cyclic esters (lactones) is 1. The van der Waals surface area contributed by atoms with Crippen LogP contribution in [0.3, 0.4) is 0 Å². The van der Waals surface area contributed by atoms with Gasteiger partial charge in [0.25, 0.3) is 0 Å². The van der Waals surface area contributed by atoms with E-state index < -0.39 is 35.9 Å². The van der Waals surface area contributed by atoms with Crippen molar-refractivity contribution < 1.29 is 32.6 Å². The van der Waals surface area contributed by atoms with Crippen LogP contribution in [0.15, 0.2) is 60.3 Å². The molecule has 0 radical (unpaired) electrons. The minimum absolute atomic E-state index is 0.00235. The fourth-order valence-corrected chi connectivity index (χ4v) is 6.27. The summed E-state index contributed by atoms with van der Waals surface area (Å²) in [6.45, 7) is 9.95. The lowest BCUT2D eigenvalue weighted by molar-refractivity contribution is -0.137. The Labute approximate surface area is 249 Å². The number of pyridine rings is 1. The van der Waals surface area contributed by atoms with Gasteiger partial charge in [0.1, 0.15) is 6.10 Å². The second kappa shape index (κ2) is 11.2. The molecule has 3 aromatic rings. The summed E-state index contributed by atoms with van der Waals surface area (Å²) in [6, 6.07) is 12.2. The highest BCUT2D eigenvalue weighted by Gasteiger charge is 2.42. The summed E-state index contributed by atoms with van der Waals surface area (Å²) in [5.41, 5.74) is 5.75. The molecule has 1 aliphatic carbocycles. The number of aromatic carboxylic acids is 1. The zero-order chi connectivity index (χ0) is 31.3. The molecule has 0 bridgehead atoms. The number of hydrogen-bond donors (Lipinski definition) is 1. The molecule has 2 heterocycles. The van der Waals surface area contributed by atoms with Gasteiger partial charge in [0.2, 0.25) is 0 Å². The molecule has 0 saturated carbocycles. The molecule has 5 rings (SSSR count). The number of alkyl halides is 3. The number of rotatable bonds is 6. The molecule has 1 saturated heterocycles. The van der Waals surface area contributed by atoms with Gasteiger partial charge in [-0.05, 0) is 110 Å². The van der Waals surface area contributed by atoms with Gasteiger partial charge in [-0.3, -0.25) is 9.88 Å². The molecular formula is C34H35F3N2O4. The van der Waals surface area contributed by atoms with Crippen molar-refractivity contribution in [3.63, 3.8) is 0 Å². The predicted octanol–water partition coefficient (Wildman–Crippen LogP) is 8.63. The average Bonchev–Trinajstić information content (AvgIpc) is 3.20. The van der Waals surface area contributed by atoms with Gasteiger partial charge in [-0.15, -0.1) is 0 Å². The third-order valence-corrected chi connectivity index (χ3v) is 8.54. The summed E-state index contributed by atoms with van der Waals surface area (Å²) in [6.07, 6.45) is -1.65. The molecule has 2 aliphatic rings. The van der Waals surface area contributed by atoms with Gasteiger partial charge < -0.3 is 9.84 Å². The Bertz CT molecular complexity index is 1630. The number of aryl methyl sites for hydroxylation is 2. The summed E-state index contributed by atoms with van der Waals surface area (Å²) < 4.78 is 46.3. The van der Waals surface area contributed by atoms with Crippen LogP contribution in [0, 0.1) is 19.3 Å². The van der Waals surface area contributed by atoms with Gasteiger partial charge in [0.05, 0.1) is 22.9 Å². The lowest BCUT2D eigenvalue weighted by atomic mass is 9.72. The van der Waals surface area contributed by atoms with Gasteiger partial charge in [0.15, 0.2) is 0 Å². The zero-order valence-electron chi connectivity index (χ0n) is 24.9. The molecule has 0 spiro atoms. The first-order valence-corrected chi connectivity index (χ1v) is 14.3. The smallest absolute Gasteiger partial charge is 0.416 e. The molecule has 9 heteroatoms. The van der Waals surface area contributed by atoms with E-state index >= 15 is 0 Å². The highest BCUT2D eigenvalue weighted by Crippen LogP contribution is 2.45. The fraction of sp³-hybridized carbons (Fsp3) is 0.382. The van der Waals surface area contributed by atoms with Gasteiger partial charge in [-0.25, -0.2) is 9.59 Å². The second-order valence-electron chi connectivity index (χ2n) is 12.5. The lowest BCUT2D eigenvalue weighted by Crippen LogP contribution is -2.35. The molecule has 6 nitrogen and oxygen atoms in total. The molecule has 1 N–H and O–H groups in total.